The molecule has 0 saturated carbocycles. The Morgan fingerprint density at radius 1 is 1.43 bits per heavy atom. The molecule has 2 rings (SSSR count). The smallest absolute Gasteiger partial charge is 0.330 e. The van der Waals surface area contributed by atoms with Crippen molar-refractivity contribution in [2.24, 2.45) is 0 Å². The fourth-order valence-corrected chi connectivity index (χ4v) is 2.51. The molecule has 2 heterocycles. The third-order valence-electron chi connectivity index (χ3n) is 3.59. The zero-order valence-corrected chi connectivity index (χ0v) is 12.4. The van der Waals surface area contributed by atoms with E-state index < -0.39 is 53.6 Å². The second kappa shape index (κ2) is 6.07. The highest BCUT2D eigenvalue weighted by molar-refractivity contribution is 5.87. The summed E-state index contributed by atoms with van der Waals surface area (Å²) in [6.07, 6.45) is -3.28. The highest BCUT2D eigenvalue weighted by Crippen LogP contribution is 2.40. The van der Waals surface area contributed by atoms with E-state index in [-0.39, 0.29) is 0 Å². The third kappa shape index (κ3) is 2.83. The lowest BCUT2D eigenvalue weighted by Crippen LogP contribution is -2.55. The van der Waals surface area contributed by atoms with Crippen molar-refractivity contribution < 1.29 is 29.3 Å². The molecule has 0 spiro atoms. The van der Waals surface area contributed by atoms with Crippen LogP contribution in [0.15, 0.2) is 21.9 Å². The van der Waals surface area contributed by atoms with Crippen molar-refractivity contribution in [2.45, 2.75) is 37.9 Å². The summed E-state index contributed by atoms with van der Waals surface area (Å²) in [4.78, 5) is 48.2. The first-order chi connectivity index (χ1) is 10.7. The summed E-state index contributed by atoms with van der Waals surface area (Å²) in [6.45, 7) is 1.43. The number of aliphatic hydroxyl groups is 2. The van der Waals surface area contributed by atoms with E-state index in [2.05, 4.69) is 0 Å². The Labute approximate surface area is 129 Å². The summed E-state index contributed by atoms with van der Waals surface area (Å²) >= 11 is 0. The van der Waals surface area contributed by atoms with Gasteiger partial charge in [0.2, 0.25) is 5.60 Å². The maximum Gasteiger partial charge on any atom is 0.330 e. The molecular weight excluding hydrogens is 312 g/mol. The van der Waals surface area contributed by atoms with Crippen LogP contribution in [0.3, 0.4) is 0 Å². The van der Waals surface area contributed by atoms with E-state index in [9.17, 15) is 29.4 Å². The minimum absolute atomic E-state index is 0.665. The molecule has 126 valence electrons. The average molecular weight is 328 g/mol. The maximum absolute atomic E-state index is 12.0. The number of Topliss-reactive ketones (excluding diaryl/α,β-unsaturated/α-hetero) is 1. The molecule has 3 N–H and O–H groups in total. The van der Waals surface area contributed by atoms with Crippen molar-refractivity contribution in [3.05, 3.63) is 33.1 Å². The zero-order valence-electron chi connectivity index (χ0n) is 12.4. The fraction of sp³-hybridized carbons (Fsp3) is 0.538. The number of aliphatic hydroxyl groups excluding tert-OH is 1. The predicted octanol–water partition coefficient (Wildman–Crippen LogP) is -2.32. The molecule has 0 radical (unpaired) electrons. The Kier molecular flexibility index (Phi) is 4.50. The van der Waals surface area contributed by atoms with E-state index in [1.165, 1.54) is 0 Å². The van der Waals surface area contributed by atoms with Crippen molar-refractivity contribution in [2.75, 3.05) is 6.61 Å². The molecule has 0 bridgehead atoms. The van der Waals surface area contributed by atoms with Crippen LogP contribution in [0, 0.1) is 0 Å². The molecule has 1 aromatic rings. The number of H-pyrrole nitrogens is 1. The van der Waals surface area contributed by atoms with Gasteiger partial charge in [0.1, 0.15) is 6.10 Å². The largest absolute Gasteiger partial charge is 0.456 e. The molecule has 1 aliphatic rings. The molecule has 1 saturated heterocycles. The van der Waals surface area contributed by atoms with E-state index in [1.807, 2.05) is 4.98 Å². The minimum atomic E-state index is -2.40. The summed E-state index contributed by atoms with van der Waals surface area (Å²) in [5.74, 6) is -1.63. The molecular formula is C13H16N2O8. The predicted molar refractivity (Wildman–Crippen MR) is 73.5 cm³/mol. The number of nitrogens with one attached hydrogen (secondary N) is 1. The van der Waals surface area contributed by atoms with Gasteiger partial charge in [-0.25, -0.2) is 4.79 Å². The van der Waals surface area contributed by atoms with Crippen LogP contribution in [0.1, 0.15) is 20.1 Å². The van der Waals surface area contributed by atoms with Crippen LogP contribution in [-0.4, -0.2) is 55.9 Å². The Morgan fingerprint density at radius 2 is 2.09 bits per heavy atom. The van der Waals surface area contributed by atoms with Gasteiger partial charge in [-0.1, -0.05) is 0 Å². The minimum Gasteiger partial charge on any atom is -0.456 e. The monoisotopic (exact) mass is 328 g/mol. The van der Waals surface area contributed by atoms with Gasteiger partial charge in [-0.05, 0) is 6.92 Å². The lowest BCUT2D eigenvalue weighted by molar-refractivity contribution is -0.170. The van der Waals surface area contributed by atoms with Crippen molar-refractivity contribution in [1.29, 1.82) is 0 Å². The molecule has 10 nitrogen and oxygen atoms in total. The first kappa shape index (κ1) is 17.1. The maximum atomic E-state index is 12.0. The van der Waals surface area contributed by atoms with Crippen molar-refractivity contribution >= 4 is 11.8 Å². The highest BCUT2D eigenvalue weighted by Gasteiger charge is 2.62. The Morgan fingerprint density at radius 3 is 2.57 bits per heavy atom. The molecule has 0 aromatic carbocycles. The van der Waals surface area contributed by atoms with Crippen LogP contribution in [0.5, 0.6) is 0 Å². The van der Waals surface area contributed by atoms with Gasteiger partial charge >= 0.3 is 11.7 Å². The topological polar surface area (TPSA) is 148 Å². The van der Waals surface area contributed by atoms with E-state index in [1.54, 1.807) is 0 Å². The Hall–Kier alpha value is -2.30. The number of aromatic nitrogens is 2. The zero-order chi connectivity index (χ0) is 17.4. The third-order valence-corrected chi connectivity index (χ3v) is 3.59. The quantitative estimate of drug-likeness (QED) is 0.522. The number of ether oxygens (including phenoxy) is 2. The molecule has 0 unspecified atom stereocenters. The molecule has 0 amide bonds. The lowest BCUT2D eigenvalue weighted by Gasteiger charge is -2.30. The lowest BCUT2D eigenvalue weighted by atomic mass is 9.90. The van der Waals surface area contributed by atoms with Gasteiger partial charge in [-0.2, -0.15) is 0 Å². The van der Waals surface area contributed by atoms with Crippen molar-refractivity contribution in [3.63, 3.8) is 0 Å². The van der Waals surface area contributed by atoms with Crippen LogP contribution in [0.4, 0.5) is 0 Å². The van der Waals surface area contributed by atoms with Gasteiger partial charge < -0.3 is 19.7 Å². The molecule has 4 atom stereocenters. The van der Waals surface area contributed by atoms with Crippen LogP contribution in [-0.2, 0) is 19.1 Å². The van der Waals surface area contributed by atoms with E-state index in [4.69, 9.17) is 9.47 Å². The normalized spacial score (nSPS) is 30.2. The number of carbonyl (C=O) groups excluding carboxylic acids is 2. The van der Waals surface area contributed by atoms with E-state index in [0.717, 1.165) is 30.7 Å². The van der Waals surface area contributed by atoms with Crippen LogP contribution in [0.25, 0.3) is 0 Å². The van der Waals surface area contributed by atoms with Crippen molar-refractivity contribution in [3.8, 4) is 0 Å². The van der Waals surface area contributed by atoms with Gasteiger partial charge in [-0.15, -0.1) is 0 Å². The molecule has 0 aliphatic carbocycles. The number of hydrogen-bond acceptors (Lipinski definition) is 8. The highest BCUT2D eigenvalue weighted by atomic mass is 16.6. The van der Waals surface area contributed by atoms with Gasteiger partial charge in [0.05, 0.1) is 6.61 Å². The van der Waals surface area contributed by atoms with Gasteiger partial charge in [0.25, 0.3) is 5.56 Å². The number of ketones is 1. The van der Waals surface area contributed by atoms with Crippen LogP contribution < -0.4 is 11.2 Å². The standard InChI is InChI=1S/C13H16N2O8/c1-6(17)13(21)10(22-7(2)18)8(5-16)23-11(13)15-4-3-9(19)14-12(15)20/h3-4,8,10-11,16,21H,5H2,1-2H3,(H,14,19,20)/t8-,10-,11-,13-/m1/s1. The summed E-state index contributed by atoms with van der Waals surface area (Å²) in [5.41, 5.74) is -4.01. The number of nitrogens with zero attached hydrogens (tertiary/aromatic N) is 1. The molecule has 23 heavy (non-hydrogen) atoms. The first-order valence-corrected chi connectivity index (χ1v) is 6.70. The summed E-state index contributed by atoms with van der Waals surface area (Å²) in [6, 6.07) is 0.998. The number of aromatic amines is 1. The molecule has 1 fully saturated rings. The van der Waals surface area contributed by atoms with Crippen molar-refractivity contribution in [1.82, 2.24) is 9.55 Å². The second-order valence-corrected chi connectivity index (χ2v) is 5.14. The van der Waals surface area contributed by atoms with Crippen LogP contribution >= 0.6 is 0 Å². The number of carbonyl (C=O) groups is 2. The average Bonchev–Trinajstić information content (AvgIpc) is 2.73. The summed E-state index contributed by atoms with van der Waals surface area (Å²) in [7, 11) is 0. The van der Waals surface area contributed by atoms with Gasteiger partial charge in [-0.3, -0.25) is 23.9 Å². The Balaban J connectivity index is 2.58. The first-order valence-electron chi connectivity index (χ1n) is 6.70. The summed E-state index contributed by atoms with van der Waals surface area (Å²) in [5, 5.41) is 20.1. The Bertz CT molecular complexity index is 738. The molecule has 1 aliphatic heterocycles. The molecule has 10 heteroatoms. The summed E-state index contributed by atoms with van der Waals surface area (Å²) < 4.78 is 11.1. The van der Waals surface area contributed by atoms with E-state index >= 15 is 0 Å². The van der Waals surface area contributed by atoms with Gasteiger partial charge in [0, 0.05) is 19.2 Å². The molecule has 1 aromatic heterocycles. The number of rotatable bonds is 4. The number of hydrogen-bond donors (Lipinski definition) is 3. The van der Waals surface area contributed by atoms with E-state index in [0.29, 0.717) is 0 Å². The van der Waals surface area contributed by atoms with Gasteiger partial charge in [0.15, 0.2) is 18.1 Å². The second-order valence-electron chi connectivity index (χ2n) is 5.14. The fourth-order valence-electron chi connectivity index (χ4n) is 2.51. The van der Waals surface area contributed by atoms with Crippen LogP contribution in [0.2, 0.25) is 0 Å². The SMILES string of the molecule is CC(=O)O[C@@H]1[C@@H](CO)O[C@@H](n2ccc(=O)[nH]c2=O)[C@@]1(O)C(C)=O. The number of esters is 1.